The molecular weight excluding hydrogens is 1220 g/mol. The standard InChI is InChI=1S/C32H48NSi.C30H44NSi.C29H42NSi/c1-20(2)27-18-30(21(3)4)25(11)31(19-27)32-29-14-13-28(17-26(29)15-16-33(32)12)34(22(5)6,23(7)8)24(9)10;1-19(2)26-16-23(9)24(10)29(18-26)30-28-13-12-27(17-25(28)14-15-31(30)11)32(20(3)4,21(5)6)22(7)8;1-19(2)24-12-11-23(9)28(18-24)29-27-14-13-26(17-25(27)15-16-30(29)10)31(20(3)4,21(5)6)22(7)8/h13-24H,1-12H3;12-22H,1-11H3;11-22H,1-10H3/q3*+1. The van der Waals surface area contributed by atoms with E-state index in [1.165, 1.54) is 111 Å². The van der Waals surface area contributed by atoms with Gasteiger partial charge in [-0.05, 0) is 198 Å². The lowest BCUT2D eigenvalue weighted by atomic mass is 9.86. The summed E-state index contributed by atoms with van der Waals surface area (Å²) in [7, 11) is 1.52. The Kier molecular flexibility index (Phi) is 25.4. The lowest BCUT2D eigenvalue weighted by molar-refractivity contribution is -0.659. The number of aryl methyl sites for hydroxylation is 5. The van der Waals surface area contributed by atoms with Crippen LogP contribution in [0.4, 0.5) is 0 Å². The molecular formula is C91H134N3Si3+3. The predicted octanol–water partition coefficient (Wildman–Crippen LogP) is 24.4. The lowest BCUT2D eigenvalue weighted by Crippen LogP contribution is -2.55. The molecule has 9 aromatic rings. The first-order valence-corrected chi connectivity index (χ1v) is 44.6. The molecule has 3 nitrogen and oxygen atoms in total. The predicted molar refractivity (Wildman–Crippen MR) is 439 cm³/mol. The van der Waals surface area contributed by atoms with Gasteiger partial charge in [-0.3, -0.25) is 0 Å². The second-order valence-corrected chi connectivity index (χ2v) is 51.6. The number of hydrogen-bond acceptors (Lipinski definition) is 0. The molecule has 97 heavy (non-hydrogen) atoms. The van der Waals surface area contributed by atoms with Gasteiger partial charge in [0.1, 0.15) is 21.1 Å². The van der Waals surface area contributed by atoms with E-state index < -0.39 is 24.2 Å². The number of aromatic nitrogens is 3. The smallest absolute Gasteiger partial charge is 0.200 e. The molecule has 0 unspecified atom stereocenters. The quantitative estimate of drug-likeness (QED) is 0.0565. The van der Waals surface area contributed by atoms with E-state index in [0.29, 0.717) is 73.5 Å². The monoisotopic (exact) mass is 1350 g/mol. The molecule has 0 atom stereocenters. The van der Waals surface area contributed by atoms with Crippen molar-refractivity contribution in [2.24, 2.45) is 21.1 Å². The van der Waals surface area contributed by atoms with E-state index in [0.717, 1.165) is 0 Å². The van der Waals surface area contributed by atoms with Gasteiger partial charge in [0.2, 0.25) is 17.1 Å². The minimum absolute atomic E-state index is 0.512. The minimum Gasteiger partial charge on any atom is -0.200 e. The Bertz CT molecular complexity index is 4160. The van der Waals surface area contributed by atoms with Crippen LogP contribution in [0.3, 0.4) is 0 Å². The molecule has 0 spiro atoms. The Morgan fingerprint density at radius 2 is 0.546 bits per heavy atom. The molecule has 3 heterocycles. The van der Waals surface area contributed by atoms with Gasteiger partial charge in [0.15, 0.2) is 18.6 Å². The fourth-order valence-electron chi connectivity index (χ4n) is 19.6. The lowest BCUT2D eigenvalue weighted by Gasteiger charge is -2.43. The van der Waals surface area contributed by atoms with Crippen LogP contribution in [-0.2, 0) is 21.1 Å². The van der Waals surface area contributed by atoms with Crippen LogP contribution >= 0.6 is 0 Å². The Morgan fingerprint density at radius 3 is 0.845 bits per heavy atom. The van der Waals surface area contributed by atoms with Crippen LogP contribution in [0.15, 0.2) is 134 Å². The van der Waals surface area contributed by atoms with Gasteiger partial charge in [-0.15, -0.1) is 0 Å². The summed E-state index contributed by atoms with van der Waals surface area (Å²) in [6.07, 6.45) is 6.76. The van der Waals surface area contributed by atoms with Crippen LogP contribution < -0.4 is 29.3 Å². The molecule has 6 heteroatoms. The fraction of sp³-hybridized carbons (Fsp3) is 0.505. The summed E-state index contributed by atoms with van der Waals surface area (Å²) in [6.45, 7) is 71.7. The molecule has 0 aliphatic carbocycles. The maximum Gasteiger partial charge on any atom is 0.220 e. The highest BCUT2D eigenvalue weighted by atomic mass is 28.3. The molecule has 6 aromatic carbocycles. The summed E-state index contributed by atoms with van der Waals surface area (Å²) in [5.41, 5.74) is 25.8. The summed E-state index contributed by atoms with van der Waals surface area (Å²) < 4.78 is 6.94. The van der Waals surface area contributed by atoms with E-state index in [-0.39, 0.29) is 0 Å². The summed E-state index contributed by atoms with van der Waals surface area (Å²) in [5, 5.41) is 13.1. The van der Waals surface area contributed by atoms with Crippen LogP contribution in [0, 0.1) is 27.7 Å². The molecule has 0 aliphatic heterocycles. The van der Waals surface area contributed by atoms with Crippen molar-refractivity contribution in [1.29, 1.82) is 0 Å². The summed E-state index contributed by atoms with van der Waals surface area (Å²) >= 11 is 0. The highest BCUT2D eigenvalue weighted by molar-refractivity contribution is 6.96. The number of nitrogens with zero attached hydrogens (tertiary/aromatic N) is 3. The van der Waals surface area contributed by atoms with Crippen LogP contribution in [0.25, 0.3) is 66.1 Å². The first-order valence-electron chi connectivity index (χ1n) is 37.9. The van der Waals surface area contributed by atoms with Gasteiger partial charge < -0.3 is 0 Å². The molecule has 0 N–H and O–H groups in total. The van der Waals surface area contributed by atoms with Crippen molar-refractivity contribution >= 4 is 72.1 Å². The zero-order valence-electron chi connectivity index (χ0n) is 67.5. The van der Waals surface area contributed by atoms with Gasteiger partial charge in [-0.1, -0.05) is 256 Å². The van der Waals surface area contributed by atoms with E-state index >= 15 is 0 Å². The van der Waals surface area contributed by atoms with E-state index in [4.69, 9.17) is 0 Å². The van der Waals surface area contributed by atoms with Crippen molar-refractivity contribution < 1.29 is 13.7 Å². The maximum atomic E-state index is 2.55. The van der Waals surface area contributed by atoms with Crippen molar-refractivity contribution in [3.05, 3.63) is 178 Å². The Morgan fingerprint density at radius 1 is 0.258 bits per heavy atom. The number of hydrogen-bond donors (Lipinski definition) is 0. The van der Waals surface area contributed by atoms with Gasteiger partial charge >= 0.3 is 0 Å². The molecule has 0 bridgehead atoms. The summed E-state index contributed by atoms with van der Waals surface area (Å²) in [5.74, 6) is 2.08. The SMILES string of the molecule is Cc1c(-c2c3ccc([Si](C(C)C)(C(C)C)C(C)C)cc3cc[n+]2C)cc(C(C)C)cc1C(C)C.Cc1cc(C(C)C)cc(-c2c3ccc([Si](C(C)C)(C(C)C)C(C)C)cc3cc[n+]2C)c1C.Cc1ccc(C(C)C)cc1-c1c2ccc([Si](C(C)C)(C(C)C)C(C)C)cc2cc[n+]1C. The van der Waals surface area contributed by atoms with Crippen LogP contribution in [0.5, 0.6) is 0 Å². The molecule has 9 rings (SSSR count). The van der Waals surface area contributed by atoms with Gasteiger partial charge in [0.25, 0.3) is 0 Å². The molecule has 0 fully saturated rings. The van der Waals surface area contributed by atoms with E-state index in [2.05, 4.69) is 376 Å². The molecule has 0 aliphatic rings. The number of fused-ring (bicyclic) bond motifs is 3. The van der Waals surface area contributed by atoms with Crippen LogP contribution in [0.2, 0.25) is 49.9 Å². The second-order valence-electron chi connectivity index (χ2n) is 33.9. The first kappa shape index (κ1) is 78.5. The van der Waals surface area contributed by atoms with Gasteiger partial charge in [0, 0.05) is 23.8 Å². The second kappa shape index (κ2) is 31.4. The molecule has 3 aromatic heterocycles. The zero-order chi connectivity index (χ0) is 72.6. The average molecular weight is 1350 g/mol. The van der Waals surface area contributed by atoms with Crippen LogP contribution in [0.1, 0.15) is 248 Å². The Labute approximate surface area is 596 Å². The first-order chi connectivity index (χ1) is 45.3. The Balaban J connectivity index is 0.000000205. The van der Waals surface area contributed by atoms with E-state index in [1.54, 1.807) is 15.6 Å². The molecule has 0 saturated carbocycles. The average Bonchev–Trinajstić information content (AvgIpc) is 0.758. The highest BCUT2D eigenvalue weighted by Gasteiger charge is 2.47. The van der Waals surface area contributed by atoms with Gasteiger partial charge in [-0.2, -0.15) is 0 Å². The molecule has 0 saturated heterocycles. The van der Waals surface area contributed by atoms with Crippen LogP contribution in [-0.4, -0.2) is 24.2 Å². The van der Waals surface area contributed by atoms with E-state index in [9.17, 15) is 0 Å². The van der Waals surface area contributed by atoms with E-state index in [1.807, 2.05) is 0 Å². The van der Waals surface area contributed by atoms with Gasteiger partial charge in [-0.25, -0.2) is 13.7 Å². The topological polar surface area (TPSA) is 11.6 Å². The Hall–Kier alpha value is -5.80. The number of benzene rings is 6. The van der Waals surface area contributed by atoms with Crippen molar-refractivity contribution in [3.63, 3.8) is 0 Å². The number of pyridine rings is 3. The molecule has 0 radical (unpaired) electrons. The summed E-state index contributed by atoms with van der Waals surface area (Å²) in [4.78, 5) is 0. The fourth-order valence-corrected chi connectivity index (χ4v) is 39.9. The maximum absolute atomic E-state index is 2.55. The van der Waals surface area contributed by atoms with Crippen molar-refractivity contribution in [2.75, 3.05) is 0 Å². The third-order valence-electron chi connectivity index (χ3n) is 24.3. The largest absolute Gasteiger partial charge is 0.220 e. The zero-order valence-corrected chi connectivity index (χ0v) is 70.5. The minimum atomic E-state index is -1.70. The number of rotatable bonds is 19. The normalized spacial score (nSPS) is 12.8. The summed E-state index contributed by atoms with van der Waals surface area (Å²) in [6, 6.07) is 45.9. The van der Waals surface area contributed by atoms with Crippen molar-refractivity contribution in [2.45, 2.75) is 281 Å². The highest BCUT2D eigenvalue weighted by Crippen LogP contribution is 2.46. The molecule has 522 valence electrons. The van der Waals surface area contributed by atoms with Crippen molar-refractivity contribution in [1.82, 2.24) is 0 Å². The van der Waals surface area contributed by atoms with Crippen molar-refractivity contribution in [3.8, 4) is 33.8 Å². The third-order valence-corrected chi connectivity index (χ3v) is 45.4. The third kappa shape index (κ3) is 14.9. The van der Waals surface area contributed by atoms with Gasteiger partial charge in [0.05, 0.1) is 51.5 Å². The molecule has 0 amide bonds.